The number of nitrogens with two attached hydrogens (primary N) is 2. The molecule has 0 fully saturated rings. The number of hydrogen-bond donors (Lipinski definition) is 4. The summed E-state index contributed by atoms with van der Waals surface area (Å²) in [5.74, 6) is -0.520. The van der Waals surface area contributed by atoms with E-state index in [1.54, 1.807) is 18.2 Å². The molecule has 0 bridgehead atoms. The Labute approximate surface area is 117 Å². The van der Waals surface area contributed by atoms with E-state index in [0.717, 1.165) is 5.56 Å². The smallest absolute Gasteiger partial charge is 0.248 e. The Balaban J connectivity index is 2.28. The van der Waals surface area contributed by atoms with Crippen LogP contribution in [0.15, 0.2) is 48.5 Å². The minimum Gasteiger partial charge on any atom is -0.397 e. The normalized spacial score (nSPS) is 11.8. The molecule has 0 aliphatic carbocycles. The number of anilines is 2. The Kier molecular flexibility index (Phi) is 4.22. The number of rotatable bonds is 5. The summed E-state index contributed by atoms with van der Waals surface area (Å²) >= 11 is 0. The zero-order valence-corrected chi connectivity index (χ0v) is 10.9. The lowest BCUT2D eigenvalue weighted by Crippen LogP contribution is -2.17. The molecular formula is C15H17N3O2. The fourth-order valence-electron chi connectivity index (χ4n) is 1.94. The predicted octanol–water partition coefficient (Wildman–Crippen LogP) is 1.51. The largest absolute Gasteiger partial charge is 0.397 e. The molecule has 2 aromatic rings. The van der Waals surface area contributed by atoms with Crippen molar-refractivity contribution in [1.82, 2.24) is 0 Å². The topological polar surface area (TPSA) is 101 Å². The van der Waals surface area contributed by atoms with Crippen LogP contribution in [0.25, 0.3) is 0 Å². The van der Waals surface area contributed by atoms with Crippen LogP contribution in [-0.2, 0) is 0 Å². The first-order valence-electron chi connectivity index (χ1n) is 6.23. The fraction of sp³-hybridized carbons (Fsp3) is 0.133. The van der Waals surface area contributed by atoms with Crippen molar-refractivity contribution < 1.29 is 9.90 Å². The van der Waals surface area contributed by atoms with Crippen molar-refractivity contribution in [3.8, 4) is 0 Å². The molecule has 0 saturated heterocycles. The molecular weight excluding hydrogens is 254 g/mol. The van der Waals surface area contributed by atoms with Crippen LogP contribution in [0.1, 0.15) is 22.0 Å². The molecule has 6 N–H and O–H groups in total. The standard InChI is InChI=1S/C15H17N3O2/c16-12-7-6-11(15(17)20)8-13(12)18-14(9-19)10-4-2-1-3-5-10/h1-8,14,18-19H,9,16H2,(H2,17,20). The van der Waals surface area contributed by atoms with Crippen LogP contribution in [0.2, 0.25) is 0 Å². The van der Waals surface area contributed by atoms with Gasteiger partial charge in [0.2, 0.25) is 5.91 Å². The second-order valence-corrected chi connectivity index (χ2v) is 4.46. The SMILES string of the molecule is NC(=O)c1ccc(N)c(NC(CO)c2ccccc2)c1. The highest BCUT2D eigenvalue weighted by Gasteiger charge is 2.12. The number of benzene rings is 2. The van der Waals surface area contributed by atoms with Gasteiger partial charge >= 0.3 is 0 Å². The number of aliphatic hydroxyl groups is 1. The fourth-order valence-corrected chi connectivity index (χ4v) is 1.94. The minimum absolute atomic E-state index is 0.0930. The minimum atomic E-state index is -0.520. The Hall–Kier alpha value is -2.53. The lowest BCUT2D eigenvalue weighted by molar-refractivity contribution is 0.100. The van der Waals surface area contributed by atoms with Crippen molar-refractivity contribution in [3.05, 3.63) is 59.7 Å². The second-order valence-electron chi connectivity index (χ2n) is 4.46. The molecule has 0 saturated carbocycles. The predicted molar refractivity (Wildman–Crippen MR) is 79.3 cm³/mol. The molecule has 2 rings (SSSR count). The Morgan fingerprint density at radius 3 is 2.50 bits per heavy atom. The van der Waals surface area contributed by atoms with Crippen LogP contribution >= 0.6 is 0 Å². The van der Waals surface area contributed by atoms with Gasteiger partial charge in [-0.15, -0.1) is 0 Å². The summed E-state index contributed by atoms with van der Waals surface area (Å²) in [5, 5.41) is 12.6. The van der Waals surface area contributed by atoms with Gasteiger partial charge in [0, 0.05) is 5.56 Å². The summed E-state index contributed by atoms with van der Waals surface area (Å²) < 4.78 is 0. The number of amides is 1. The maximum absolute atomic E-state index is 11.2. The van der Waals surface area contributed by atoms with Gasteiger partial charge in [-0.25, -0.2) is 0 Å². The van der Waals surface area contributed by atoms with Gasteiger partial charge in [0.05, 0.1) is 24.0 Å². The van der Waals surface area contributed by atoms with Crippen molar-refractivity contribution in [1.29, 1.82) is 0 Å². The molecule has 0 heterocycles. The number of primary amides is 1. The van der Waals surface area contributed by atoms with E-state index in [0.29, 0.717) is 16.9 Å². The van der Waals surface area contributed by atoms with E-state index < -0.39 is 5.91 Å². The van der Waals surface area contributed by atoms with Gasteiger partial charge in [-0.2, -0.15) is 0 Å². The summed E-state index contributed by atoms with van der Waals surface area (Å²) in [7, 11) is 0. The quantitative estimate of drug-likeness (QED) is 0.619. The first kappa shape index (κ1) is 13.9. The molecule has 5 heteroatoms. The summed E-state index contributed by atoms with van der Waals surface area (Å²) in [6, 6.07) is 14.0. The highest BCUT2D eigenvalue weighted by atomic mass is 16.3. The van der Waals surface area contributed by atoms with Gasteiger partial charge in [0.25, 0.3) is 0 Å². The lowest BCUT2D eigenvalue weighted by Gasteiger charge is -2.19. The first-order valence-corrected chi connectivity index (χ1v) is 6.23. The Morgan fingerprint density at radius 1 is 1.20 bits per heavy atom. The van der Waals surface area contributed by atoms with Crippen molar-refractivity contribution in [2.24, 2.45) is 5.73 Å². The van der Waals surface area contributed by atoms with Crippen molar-refractivity contribution in [2.45, 2.75) is 6.04 Å². The van der Waals surface area contributed by atoms with Crippen LogP contribution in [-0.4, -0.2) is 17.6 Å². The zero-order valence-electron chi connectivity index (χ0n) is 10.9. The van der Waals surface area contributed by atoms with E-state index in [4.69, 9.17) is 11.5 Å². The van der Waals surface area contributed by atoms with E-state index in [9.17, 15) is 9.90 Å². The number of hydrogen-bond acceptors (Lipinski definition) is 4. The van der Waals surface area contributed by atoms with Crippen LogP contribution in [0.3, 0.4) is 0 Å². The Morgan fingerprint density at radius 2 is 1.90 bits per heavy atom. The van der Waals surface area contributed by atoms with Gasteiger partial charge in [0.15, 0.2) is 0 Å². The Bertz CT molecular complexity index is 599. The number of aliphatic hydroxyl groups excluding tert-OH is 1. The lowest BCUT2D eigenvalue weighted by atomic mass is 10.1. The molecule has 0 aliphatic heterocycles. The molecule has 0 radical (unpaired) electrons. The monoisotopic (exact) mass is 271 g/mol. The molecule has 0 spiro atoms. The third-order valence-electron chi connectivity index (χ3n) is 3.05. The second kappa shape index (κ2) is 6.08. The molecule has 104 valence electrons. The van der Waals surface area contributed by atoms with Crippen LogP contribution in [0, 0.1) is 0 Å². The average Bonchev–Trinajstić information content (AvgIpc) is 2.47. The third-order valence-corrected chi connectivity index (χ3v) is 3.05. The summed E-state index contributed by atoms with van der Waals surface area (Å²) in [6.07, 6.45) is 0. The molecule has 5 nitrogen and oxygen atoms in total. The molecule has 1 amide bonds. The third kappa shape index (κ3) is 3.07. The van der Waals surface area contributed by atoms with E-state index >= 15 is 0 Å². The zero-order chi connectivity index (χ0) is 14.5. The van der Waals surface area contributed by atoms with E-state index in [-0.39, 0.29) is 12.6 Å². The summed E-state index contributed by atoms with van der Waals surface area (Å²) in [6.45, 7) is -0.0930. The van der Waals surface area contributed by atoms with Crippen molar-refractivity contribution >= 4 is 17.3 Å². The first-order chi connectivity index (χ1) is 9.61. The van der Waals surface area contributed by atoms with E-state index in [2.05, 4.69) is 5.32 Å². The maximum atomic E-state index is 11.2. The number of nitrogens with one attached hydrogen (secondary N) is 1. The van der Waals surface area contributed by atoms with Crippen LogP contribution in [0.4, 0.5) is 11.4 Å². The number of nitrogen functional groups attached to an aromatic ring is 1. The van der Waals surface area contributed by atoms with Gasteiger partial charge in [-0.05, 0) is 23.8 Å². The van der Waals surface area contributed by atoms with E-state index in [1.165, 1.54) is 0 Å². The van der Waals surface area contributed by atoms with Gasteiger partial charge in [0.1, 0.15) is 0 Å². The number of carbonyl (C=O) groups is 1. The average molecular weight is 271 g/mol. The summed E-state index contributed by atoms with van der Waals surface area (Å²) in [4.78, 5) is 11.2. The maximum Gasteiger partial charge on any atom is 0.248 e. The molecule has 20 heavy (non-hydrogen) atoms. The summed E-state index contributed by atoms with van der Waals surface area (Å²) in [5.41, 5.74) is 13.5. The highest BCUT2D eigenvalue weighted by molar-refractivity contribution is 5.94. The molecule has 1 atom stereocenters. The van der Waals surface area contributed by atoms with Crippen molar-refractivity contribution in [3.63, 3.8) is 0 Å². The molecule has 0 aliphatic rings. The van der Waals surface area contributed by atoms with Gasteiger partial charge in [-0.3, -0.25) is 4.79 Å². The van der Waals surface area contributed by atoms with Crippen molar-refractivity contribution in [2.75, 3.05) is 17.7 Å². The number of carbonyl (C=O) groups excluding carboxylic acids is 1. The molecule has 0 aromatic heterocycles. The van der Waals surface area contributed by atoms with Gasteiger partial charge < -0.3 is 21.9 Å². The van der Waals surface area contributed by atoms with Crippen LogP contribution in [0.5, 0.6) is 0 Å². The molecule has 1 unspecified atom stereocenters. The van der Waals surface area contributed by atoms with E-state index in [1.807, 2.05) is 30.3 Å². The highest BCUT2D eigenvalue weighted by Crippen LogP contribution is 2.25. The van der Waals surface area contributed by atoms with Crippen LogP contribution < -0.4 is 16.8 Å². The molecule has 2 aromatic carbocycles. The van der Waals surface area contributed by atoms with Gasteiger partial charge in [-0.1, -0.05) is 30.3 Å².